The molecule has 0 atom stereocenters. The van der Waals surface area contributed by atoms with Crippen molar-refractivity contribution < 1.29 is 56.3 Å². The number of carboxylic acid groups (broad SMARTS) is 1. The number of carbonyl (C=O) groups is 1. The van der Waals surface area contributed by atoms with Gasteiger partial charge in [0.1, 0.15) is 28.7 Å². The summed E-state index contributed by atoms with van der Waals surface area (Å²) in [6, 6.07) is 17.3. The Morgan fingerprint density at radius 1 is 0.833 bits per heavy atom. The van der Waals surface area contributed by atoms with Crippen LogP contribution in [0.2, 0.25) is 5.02 Å². The van der Waals surface area contributed by atoms with Crippen molar-refractivity contribution in [2.75, 3.05) is 0 Å². The molecule has 2 aromatic heterocycles. The molecule has 4 N–H and O–H groups in total. The molecule has 0 spiro atoms. The van der Waals surface area contributed by atoms with Gasteiger partial charge in [0, 0.05) is 29.3 Å². The second-order valence-corrected chi connectivity index (χ2v) is 10.9. The molecule has 4 aromatic carbocycles. The molecule has 272 valence electrons. The van der Waals surface area contributed by atoms with Crippen LogP contribution in [0, 0.1) is 35.3 Å². The van der Waals surface area contributed by atoms with Crippen molar-refractivity contribution in [1.29, 1.82) is 0 Å². The molecule has 0 radical (unpaired) electrons. The number of aliphatic hydroxyl groups is 2. The number of halogens is 6. The molecule has 0 unspecified atom stereocenters. The Morgan fingerprint density at radius 2 is 1.52 bits per heavy atom. The molecular weight excluding hydrogens is 747 g/mol. The number of nitrogens with one attached hydrogen (secondary N) is 1. The zero-order valence-electron chi connectivity index (χ0n) is 26.6. The number of hydrogen-bond acceptors (Lipinski definition) is 10. The van der Waals surface area contributed by atoms with Crippen LogP contribution in [0.5, 0.6) is 29.0 Å². The summed E-state index contributed by atoms with van der Waals surface area (Å²) in [6.45, 7) is 0. The lowest BCUT2D eigenvalue weighted by Gasteiger charge is -2.13. The van der Waals surface area contributed by atoms with Crippen molar-refractivity contribution in [1.82, 2.24) is 30.4 Å². The number of H-pyrrole nitrogens is 1. The molecule has 54 heavy (non-hydrogen) atoms. The van der Waals surface area contributed by atoms with Gasteiger partial charge in [-0.2, -0.15) is 10.3 Å². The lowest BCUT2D eigenvalue weighted by Crippen LogP contribution is -2.18. The third-order valence-electron chi connectivity index (χ3n) is 6.85. The van der Waals surface area contributed by atoms with Crippen LogP contribution in [0.25, 0.3) is 5.69 Å². The van der Waals surface area contributed by atoms with Crippen LogP contribution in [0.3, 0.4) is 0 Å². The maximum absolute atomic E-state index is 15.2. The van der Waals surface area contributed by atoms with Gasteiger partial charge in [-0.15, -0.1) is 18.3 Å². The normalized spacial score (nSPS) is 11.0. The summed E-state index contributed by atoms with van der Waals surface area (Å²) in [5.41, 5.74) is -1.20. The fourth-order valence-corrected chi connectivity index (χ4v) is 4.72. The van der Waals surface area contributed by atoms with E-state index in [1.165, 1.54) is 30.3 Å². The number of aromatic amines is 1. The molecule has 6 rings (SSSR count). The van der Waals surface area contributed by atoms with Crippen molar-refractivity contribution in [2.24, 2.45) is 0 Å². The minimum Gasteiger partial charge on any atom is -0.476 e. The summed E-state index contributed by atoms with van der Waals surface area (Å²) >= 11 is 6.11. The molecule has 0 amide bonds. The van der Waals surface area contributed by atoms with Gasteiger partial charge in [-0.1, -0.05) is 69.9 Å². The monoisotopic (exact) mass is 764 g/mol. The smallest absolute Gasteiger partial charge is 0.476 e. The lowest BCUT2D eigenvalue weighted by molar-refractivity contribution is -0.274. The molecule has 6 aromatic rings. The minimum absolute atomic E-state index is 0.0625. The van der Waals surface area contributed by atoms with E-state index in [1.54, 1.807) is 30.3 Å². The maximum Gasteiger partial charge on any atom is 0.573 e. The van der Waals surface area contributed by atoms with Crippen LogP contribution in [0.15, 0.2) is 78.9 Å². The van der Waals surface area contributed by atoms with Crippen LogP contribution in [-0.2, 0) is 0 Å². The van der Waals surface area contributed by atoms with Crippen molar-refractivity contribution in [3.05, 3.63) is 129 Å². The molecule has 2 heterocycles. The largest absolute Gasteiger partial charge is 0.573 e. The highest BCUT2D eigenvalue weighted by Gasteiger charge is 2.33. The van der Waals surface area contributed by atoms with Gasteiger partial charge in [-0.05, 0) is 36.4 Å². The van der Waals surface area contributed by atoms with E-state index in [4.69, 9.17) is 21.1 Å². The number of aromatic nitrogens is 6. The van der Waals surface area contributed by atoms with Gasteiger partial charge in [0.15, 0.2) is 11.4 Å². The summed E-state index contributed by atoms with van der Waals surface area (Å²) in [5, 5.41) is 45.2. The summed E-state index contributed by atoms with van der Waals surface area (Å²) < 4.78 is 85.4. The molecule has 13 nitrogen and oxygen atoms in total. The van der Waals surface area contributed by atoms with Crippen molar-refractivity contribution in [2.45, 2.75) is 12.7 Å². The third-order valence-corrected chi connectivity index (χ3v) is 7.23. The van der Waals surface area contributed by atoms with Crippen LogP contribution in [0.4, 0.5) is 22.0 Å². The Labute approximate surface area is 304 Å². The second-order valence-electron chi connectivity index (χ2n) is 10.6. The number of aromatic carboxylic acids is 1. The predicted molar refractivity (Wildman–Crippen MR) is 175 cm³/mol. The number of aliphatic hydroxyl groups excluding tert-OH is 1. The van der Waals surface area contributed by atoms with Gasteiger partial charge in [0.2, 0.25) is 12.0 Å². The quantitative estimate of drug-likeness (QED) is 0.0779. The van der Waals surface area contributed by atoms with E-state index < -0.39 is 58.9 Å². The van der Waals surface area contributed by atoms with Crippen molar-refractivity contribution in [3.63, 3.8) is 0 Å². The van der Waals surface area contributed by atoms with E-state index in [-0.39, 0.29) is 39.2 Å². The lowest BCUT2D eigenvalue weighted by atomic mass is 10.1. The zero-order chi connectivity index (χ0) is 38.6. The number of hydrogen-bond donors (Lipinski definition) is 4. The third kappa shape index (κ3) is 8.54. The molecule has 0 aliphatic carbocycles. The van der Waals surface area contributed by atoms with Crippen LogP contribution in [0.1, 0.15) is 44.7 Å². The fourth-order valence-electron chi connectivity index (χ4n) is 4.56. The molecule has 0 aliphatic rings. The highest BCUT2D eigenvalue weighted by atomic mass is 35.5. The molecule has 0 fully saturated rings. The molecule has 0 aliphatic heterocycles. The van der Waals surface area contributed by atoms with Crippen LogP contribution in [-0.4, -0.2) is 58.1 Å². The average molecular weight is 765 g/mol. The summed E-state index contributed by atoms with van der Waals surface area (Å²) in [7, 11) is 0. The molecular formula is C35H18ClF5N6O7. The van der Waals surface area contributed by atoms with Crippen molar-refractivity contribution in [3.8, 4) is 58.4 Å². The van der Waals surface area contributed by atoms with E-state index in [0.717, 1.165) is 10.7 Å². The zero-order valence-corrected chi connectivity index (χ0v) is 27.3. The number of rotatable bonds is 8. The number of carboxylic acids is 1. The topological polar surface area (TPSA) is 178 Å². The van der Waals surface area contributed by atoms with Gasteiger partial charge < -0.3 is 29.5 Å². The minimum atomic E-state index is -5.25. The molecule has 0 bridgehead atoms. The summed E-state index contributed by atoms with van der Waals surface area (Å²) in [6.07, 6.45) is -7.29. The maximum atomic E-state index is 15.2. The van der Waals surface area contributed by atoms with E-state index in [1.807, 2.05) is 0 Å². The number of benzene rings is 4. The molecule has 0 saturated carbocycles. The van der Waals surface area contributed by atoms with Gasteiger partial charge in [0.25, 0.3) is 11.8 Å². The van der Waals surface area contributed by atoms with Gasteiger partial charge in [-0.25, -0.2) is 18.3 Å². The van der Waals surface area contributed by atoms with E-state index in [0.29, 0.717) is 17.7 Å². The van der Waals surface area contributed by atoms with Gasteiger partial charge in [-0.3, -0.25) is 0 Å². The first kappa shape index (κ1) is 36.8. The van der Waals surface area contributed by atoms with Gasteiger partial charge >= 0.3 is 12.3 Å². The Balaban J connectivity index is 1.30. The highest BCUT2D eigenvalue weighted by Crippen LogP contribution is 2.35. The Hall–Kier alpha value is -6.99. The predicted octanol–water partition coefficient (Wildman–Crippen LogP) is 6.28. The van der Waals surface area contributed by atoms with Crippen LogP contribution < -0.4 is 14.2 Å². The number of alkyl halides is 3. The highest BCUT2D eigenvalue weighted by molar-refractivity contribution is 6.32. The molecule has 0 saturated heterocycles. The second kappa shape index (κ2) is 15.3. The molecule has 19 heteroatoms. The Kier molecular flexibility index (Phi) is 10.4. The first-order valence-corrected chi connectivity index (χ1v) is 15.2. The number of ether oxygens (including phenoxy) is 3. The summed E-state index contributed by atoms with van der Waals surface area (Å²) in [5.74, 6) is 3.52. The SMILES string of the molecule is O=C(O)c1c(Oc2cc(F)c(C#Cc3ccccc3)c(OC(F)(F)F)c2)nnn1-c1cccc(C#Cc2cc(Oc3n[nH]nc3C(O)O)cc(F)c2Cl)c1. The Bertz CT molecular complexity index is 2500. The first-order valence-electron chi connectivity index (χ1n) is 14.8. The summed E-state index contributed by atoms with van der Waals surface area (Å²) in [4.78, 5) is 12.4. The number of nitrogens with zero attached hydrogens (tertiary/aromatic N) is 5. The van der Waals surface area contributed by atoms with Crippen molar-refractivity contribution >= 4 is 17.6 Å². The fraction of sp³-hybridized carbons (Fsp3) is 0.0571. The van der Waals surface area contributed by atoms with E-state index >= 15 is 4.39 Å². The Morgan fingerprint density at radius 3 is 2.24 bits per heavy atom. The standard InChI is InChI=1S/C35H18ClF5N6O7/c36-28-20(14-22(16-26(28)38)52-31-29(33(48)49)42-45-43-31)11-9-19-7-4-8-21(13-19)47-30(34(50)51)32(44-46-47)53-23-15-25(37)24(27(17-23)54-35(39,40)41)12-10-18-5-2-1-3-6-18/h1-8,13-17,33,48-49H,(H,50,51)(H,42,43,45). The van der Waals surface area contributed by atoms with E-state index in [2.05, 4.69) is 54.1 Å². The van der Waals surface area contributed by atoms with E-state index in [9.17, 15) is 37.7 Å². The van der Waals surface area contributed by atoms with Crippen LogP contribution >= 0.6 is 11.6 Å². The average Bonchev–Trinajstić information content (AvgIpc) is 3.76. The first-order chi connectivity index (χ1) is 25.8. The van der Waals surface area contributed by atoms with Gasteiger partial charge in [0.05, 0.1) is 16.3 Å².